The molecule has 4 heteroatoms. The number of aldehydes is 1. The lowest BCUT2D eigenvalue weighted by molar-refractivity contribution is 0.112. The highest BCUT2D eigenvalue weighted by molar-refractivity contribution is 6.31. The van der Waals surface area contributed by atoms with Gasteiger partial charge in [-0.1, -0.05) is 31.9 Å². The summed E-state index contributed by atoms with van der Waals surface area (Å²) >= 11 is 5.91. The molecule has 1 rings (SSSR count). The van der Waals surface area contributed by atoms with Crippen LogP contribution < -0.4 is 0 Å². The molecule has 0 aromatic heterocycles. The normalized spacial score (nSPS) is 11.5. The van der Waals surface area contributed by atoms with Crippen molar-refractivity contribution in [1.29, 1.82) is 0 Å². The summed E-state index contributed by atoms with van der Waals surface area (Å²) in [5.41, 5.74) is 1.23. The van der Waals surface area contributed by atoms with Crippen LogP contribution in [0.2, 0.25) is 5.02 Å². The van der Waals surface area contributed by atoms with Gasteiger partial charge in [0, 0.05) is 30.6 Å². The van der Waals surface area contributed by atoms with Crippen LogP contribution in [0.15, 0.2) is 23.2 Å². The monoisotopic (exact) mass is 294 g/mol. The molecule has 0 amide bonds. The molecule has 0 fully saturated rings. The number of benzene rings is 1. The van der Waals surface area contributed by atoms with Gasteiger partial charge in [-0.2, -0.15) is 0 Å². The quantitative estimate of drug-likeness (QED) is 0.414. The first kappa shape index (κ1) is 16.7. The average molecular weight is 295 g/mol. The van der Waals surface area contributed by atoms with Crippen molar-refractivity contribution < 1.29 is 4.79 Å². The summed E-state index contributed by atoms with van der Waals surface area (Å²) in [5.74, 6) is 1.03. The molecule has 1 aromatic rings. The van der Waals surface area contributed by atoms with Crippen LogP contribution in [-0.2, 0) is 0 Å². The topological polar surface area (TPSA) is 32.7 Å². The van der Waals surface area contributed by atoms with E-state index < -0.39 is 0 Å². The smallest absolute Gasteiger partial charge is 0.152 e. The first-order chi connectivity index (χ1) is 9.62. The standard InChI is InChI=1S/C16H23ClN2O/c1-4-6-7-16(19(3)10-5-2)18-15-9-8-14(17)11-13(15)12-20/h8-9,11-12H,4-7,10H2,1-3H3. The second-order valence-electron chi connectivity index (χ2n) is 4.87. The molecular formula is C16H23ClN2O. The Bertz CT molecular complexity index is 472. The van der Waals surface area contributed by atoms with Crippen LogP contribution in [0.1, 0.15) is 49.9 Å². The second-order valence-corrected chi connectivity index (χ2v) is 5.31. The molecule has 0 radical (unpaired) electrons. The fourth-order valence-corrected chi connectivity index (χ4v) is 2.17. The Balaban J connectivity index is 3.07. The first-order valence-corrected chi connectivity index (χ1v) is 7.53. The summed E-state index contributed by atoms with van der Waals surface area (Å²) in [6.45, 7) is 5.27. The molecule has 0 saturated carbocycles. The molecule has 0 aliphatic carbocycles. The number of hydrogen-bond acceptors (Lipinski definition) is 2. The minimum absolute atomic E-state index is 0.538. The molecule has 0 saturated heterocycles. The van der Waals surface area contributed by atoms with E-state index in [9.17, 15) is 4.79 Å². The van der Waals surface area contributed by atoms with Crippen LogP contribution >= 0.6 is 11.6 Å². The van der Waals surface area contributed by atoms with Crippen molar-refractivity contribution in [1.82, 2.24) is 4.90 Å². The van der Waals surface area contributed by atoms with E-state index in [-0.39, 0.29) is 0 Å². The molecule has 0 aliphatic heterocycles. The number of unbranched alkanes of at least 4 members (excludes halogenated alkanes) is 1. The maximum Gasteiger partial charge on any atom is 0.152 e. The van der Waals surface area contributed by atoms with Crippen LogP contribution in [0.25, 0.3) is 0 Å². The number of aliphatic imine (C=N–C) groups is 1. The molecule has 1 aromatic carbocycles. The lowest BCUT2D eigenvalue weighted by Gasteiger charge is -2.21. The first-order valence-electron chi connectivity index (χ1n) is 7.15. The van der Waals surface area contributed by atoms with E-state index in [4.69, 9.17) is 11.6 Å². The number of halogens is 1. The van der Waals surface area contributed by atoms with E-state index in [0.29, 0.717) is 16.3 Å². The Hall–Kier alpha value is -1.35. The van der Waals surface area contributed by atoms with Gasteiger partial charge in [0.05, 0.1) is 5.69 Å². The summed E-state index contributed by atoms with van der Waals surface area (Å²) in [4.78, 5) is 18.0. The van der Waals surface area contributed by atoms with Gasteiger partial charge in [0.1, 0.15) is 5.84 Å². The van der Waals surface area contributed by atoms with E-state index >= 15 is 0 Å². The Morgan fingerprint density at radius 1 is 1.35 bits per heavy atom. The van der Waals surface area contributed by atoms with Crippen molar-refractivity contribution in [2.75, 3.05) is 13.6 Å². The lowest BCUT2D eigenvalue weighted by atomic mass is 10.2. The van der Waals surface area contributed by atoms with Crippen LogP contribution in [0.3, 0.4) is 0 Å². The van der Waals surface area contributed by atoms with Crippen LogP contribution in [0, 0.1) is 0 Å². The number of hydrogen-bond donors (Lipinski definition) is 0. The molecule has 3 nitrogen and oxygen atoms in total. The molecule has 110 valence electrons. The van der Waals surface area contributed by atoms with Gasteiger partial charge >= 0.3 is 0 Å². The highest BCUT2D eigenvalue weighted by atomic mass is 35.5. The zero-order valence-electron chi connectivity index (χ0n) is 12.5. The van der Waals surface area contributed by atoms with Gasteiger partial charge in [-0.15, -0.1) is 0 Å². The average Bonchev–Trinajstić information content (AvgIpc) is 2.44. The van der Waals surface area contributed by atoms with Gasteiger partial charge in [0.15, 0.2) is 6.29 Å². The van der Waals surface area contributed by atoms with Gasteiger partial charge in [-0.3, -0.25) is 4.79 Å². The lowest BCUT2D eigenvalue weighted by Crippen LogP contribution is -2.27. The molecule has 0 bridgehead atoms. The summed E-state index contributed by atoms with van der Waals surface area (Å²) < 4.78 is 0. The third-order valence-corrected chi connectivity index (χ3v) is 3.35. The van der Waals surface area contributed by atoms with E-state index in [2.05, 4.69) is 30.8 Å². The summed E-state index contributed by atoms with van der Waals surface area (Å²) in [7, 11) is 2.05. The predicted octanol–water partition coefficient (Wildman–Crippen LogP) is 4.71. The Labute approximate surface area is 126 Å². The minimum Gasteiger partial charge on any atom is -0.363 e. The van der Waals surface area contributed by atoms with Gasteiger partial charge in [0.2, 0.25) is 0 Å². The molecule has 0 unspecified atom stereocenters. The van der Waals surface area contributed by atoms with Crippen LogP contribution in [-0.4, -0.2) is 30.6 Å². The number of carbonyl (C=O) groups excluding carboxylic acids is 1. The summed E-state index contributed by atoms with van der Waals surface area (Å²) in [6, 6.07) is 5.23. The summed E-state index contributed by atoms with van der Waals surface area (Å²) in [5, 5.41) is 0.558. The third-order valence-electron chi connectivity index (χ3n) is 3.12. The van der Waals surface area contributed by atoms with E-state index in [0.717, 1.165) is 44.3 Å². The Kier molecular flexibility index (Phi) is 7.31. The molecular weight excluding hydrogens is 272 g/mol. The highest BCUT2D eigenvalue weighted by Gasteiger charge is 2.08. The molecule has 0 atom stereocenters. The number of carbonyl (C=O) groups is 1. The summed E-state index contributed by atoms with van der Waals surface area (Å²) in [6.07, 6.45) is 5.02. The largest absolute Gasteiger partial charge is 0.363 e. The van der Waals surface area contributed by atoms with E-state index in [1.54, 1.807) is 18.2 Å². The number of amidine groups is 1. The minimum atomic E-state index is 0.538. The predicted molar refractivity (Wildman–Crippen MR) is 86.4 cm³/mol. The fourth-order valence-electron chi connectivity index (χ4n) is 1.99. The van der Waals surface area contributed by atoms with Crippen molar-refractivity contribution in [3.8, 4) is 0 Å². The van der Waals surface area contributed by atoms with Gasteiger partial charge in [-0.25, -0.2) is 4.99 Å². The Morgan fingerprint density at radius 3 is 2.70 bits per heavy atom. The van der Waals surface area contributed by atoms with Crippen molar-refractivity contribution in [3.05, 3.63) is 28.8 Å². The SMILES string of the molecule is CCCCC(=Nc1ccc(Cl)cc1C=O)N(C)CCC. The maximum atomic E-state index is 11.1. The Morgan fingerprint density at radius 2 is 2.10 bits per heavy atom. The van der Waals surface area contributed by atoms with E-state index in [1.807, 2.05) is 0 Å². The van der Waals surface area contributed by atoms with E-state index in [1.165, 1.54) is 0 Å². The van der Waals surface area contributed by atoms with Crippen LogP contribution in [0.4, 0.5) is 5.69 Å². The zero-order valence-corrected chi connectivity index (χ0v) is 13.3. The van der Waals surface area contributed by atoms with Crippen molar-refractivity contribution in [2.24, 2.45) is 4.99 Å². The van der Waals surface area contributed by atoms with Crippen LogP contribution in [0.5, 0.6) is 0 Å². The van der Waals surface area contributed by atoms with Crippen molar-refractivity contribution >= 4 is 29.4 Å². The van der Waals surface area contributed by atoms with Gasteiger partial charge in [0.25, 0.3) is 0 Å². The second kappa shape index (κ2) is 8.75. The fraction of sp³-hybridized carbons (Fsp3) is 0.500. The molecule has 0 aliphatic rings. The zero-order chi connectivity index (χ0) is 15.0. The van der Waals surface area contributed by atoms with Crippen molar-refractivity contribution in [2.45, 2.75) is 39.5 Å². The van der Waals surface area contributed by atoms with Gasteiger partial charge < -0.3 is 4.90 Å². The molecule has 20 heavy (non-hydrogen) atoms. The maximum absolute atomic E-state index is 11.1. The molecule has 0 spiro atoms. The number of nitrogens with zero attached hydrogens (tertiary/aromatic N) is 2. The third kappa shape index (κ3) is 4.97. The highest BCUT2D eigenvalue weighted by Crippen LogP contribution is 2.23. The van der Waals surface area contributed by atoms with Gasteiger partial charge in [-0.05, 0) is 31.0 Å². The van der Waals surface area contributed by atoms with Crippen molar-refractivity contribution in [3.63, 3.8) is 0 Å². The number of rotatable bonds is 7. The molecule has 0 heterocycles. The molecule has 0 N–H and O–H groups in total.